The van der Waals surface area contributed by atoms with Crippen LogP contribution in [0.15, 0.2) is 24.3 Å². The third kappa shape index (κ3) is 3.71. The van der Waals surface area contributed by atoms with Gasteiger partial charge in [-0.25, -0.2) is 4.79 Å². The Hall–Kier alpha value is -1.64. The molecule has 0 aromatic heterocycles. The Morgan fingerprint density at radius 3 is 2.75 bits per heavy atom. The van der Waals surface area contributed by atoms with Crippen molar-refractivity contribution in [3.05, 3.63) is 35.4 Å². The molecule has 0 N–H and O–H groups in total. The summed E-state index contributed by atoms with van der Waals surface area (Å²) in [6.07, 6.45) is -5.19. The van der Waals surface area contributed by atoms with E-state index in [0.717, 1.165) is 12.1 Å². The maximum Gasteiger partial charge on any atom is 0.416 e. The number of rotatable bonds is 3. The Morgan fingerprint density at radius 1 is 1.33 bits per heavy atom. The second kappa shape index (κ2) is 6.02. The van der Waals surface area contributed by atoms with Crippen LogP contribution in [0.2, 0.25) is 0 Å². The van der Waals surface area contributed by atoms with Crippen molar-refractivity contribution in [2.45, 2.75) is 50.7 Å². The Bertz CT molecular complexity index is 612. The summed E-state index contributed by atoms with van der Waals surface area (Å²) in [7, 11) is 0. The lowest BCUT2D eigenvalue weighted by atomic mass is 10.1. The van der Waals surface area contributed by atoms with E-state index in [-0.39, 0.29) is 18.3 Å². The highest BCUT2D eigenvalue weighted by molar-refractivity contribution is 5.89. The van der Waals surface area contributed by atoms with Crippen molar-refractivity contribution in [1.82, 2.24) is 0 Å². The molecule has 5 nitrogen and oxygen atoms in total. The summed E-state index contributed by atoms with van der Waals surface area (Å²) in [5.41, 5.74) is -1.05. The second-order valence-electron chi connectivity index (χ2n) is 6.21. The van der Waals surface area contributed by atoms with Crippen LogP contribution in [0.4, 0.5) is 13.2 Å². The largest absolute Gasteiger partial charge is 0.459 e. The first-order valence-electron chi connectivity index (χ1n) is 7.49. The fraction of sp³-hybridized carbons (Fsp3) is 0.562. The Labute approximate surface area is 136 Å². The van der Waals surface area contributed by atoms with Gasteiger partial charge in [0.25, 0.3) is 0 Å². The maximum absolute atomic E-state index is 12.7. The van der Waals surface area contributed by atoms with Crippen molar-refractivity contribution in [2.75, 3.05) is 6.61 Å². The summed E-state index contributed by atoms with van der Waals surface area (Å²) in [5, 5.41) is 0. The van der Waals surface area contributed by atoms with Crippen molar-refractivity contribution in [3.63, 3.8) is 0 Å². The predicted octanol–water partition coefficient (Wildman–Crippen LogP) is 3.13. The molecule has 0 radical (unpaired) electrons. The predicted molar refractivity (Wildman–Crippen MR) is 75.0 cm³/mol. The number of esters is 1. The van der Waals surface area contributed by atoms with Crippen LogP contribution in [0.5, 0.6) is 0 Å². The Morgan fingerprint density at radius 2 is 2.08 bits per heavy atom. The summed E-state index contributed by atoms with van der Waals surface area (Å²) in [4.78, 5) is 11.9. The molecule has 2 aliphatic heterocycles. The van der Waals surface area contributed by atoms with Crippen LogP contribution in [0.3, 0.4) is 0 Å². The van der Waals surface area contributed by atoms with Crippen LogP contribution in [0.1, 0.15) is 36.2 Å². The van der Waals surface area contributed by atoms with Crippen LogP contribution < -0.4 is 0 Å². The zero-order valence-corrected chi connectivity index (χ0v) is 13.1. The summed E-state index contributed by atoms with van der Waals surface area (Å²) in [6.45, 7) is 3.48. The molecule has 2 saturated heterocycles. The minimum atomic E-state index is -4.51. The van der Waals surface area contributed by atoms with E-state index in [1.807, 2.05) is 0 Å². The lowest BCUT2D eigenvalue weighted by molar-refractivity contribution is -0.207. The molecule has 2 heterocycles. The van der Waals surface area contributed by atoms with Crippen molar-refractivity contribution in [3.8, 4) is 0 Å². The normalized spacial score (nSPS) is 28.6. The van der Waals surface area contributed by atoms with Gasteiger partial charge < -0.3 is 18.9 Å². The average Bonchev–Trinajstić information content (AvgIpc) is 2.97. The highest BCUT2D eigenvalue weighted by atomic mass is 19.4. The number of hydrogen-bond donors (Lipinski definition) is 0. The van der Waals surface area contributed by atoms with Crippen LogP contribution >= 0.6 is 0 Å². The van der Waals surface area contributed by atoms with E-state index in [1.54, 1.807) is 13.8 Å². The van der Waals surface area contributed by atoms with Gasteiger partial charge in [0.05, 0.1) is 17.2 Å². The highest BCUT2D eigenvalue weighted by Crippen LogP contribution is 2.37. The van der Waals surface area contributed by atoms with Gasteiger partial charge in [-0.3, -0.25) is 0 Å². The standard InChI is InChI=1S/C16H17F3O5/c1-15(2)23-12-7-11(22-14(12)24-15)8-21-13(20)9-4-3-5-10(6-9)16(17,18)19/h3-6,11-12,14H,7-8H2,1-2H3/t11-,12+,14+/m0/s1. The van der Waals surface area contributed by atoms with Crippen molar-refractivity contribution in [2.24, 2.45) is 0 Å². The molecule has 0 spiro atoms. The third-order valence-corrected chi connectivity index (χ3v) is 3.79. The van der Waals surface area contributed by atoms with Gasteiger partial charge >= 0.3 is 12.1 Å². The lowest BCUT2D eigenvalue weighted by Gasteiger charge is -2.20. The van der Waals surface area contributed by atoms with Gasteiger partial charge in [-0.05, 0) is 32.0 Å². The molecule has 0 unspecified atom stereocenters. The summed E-state index contributed by atoms with van der Waals surface area (Å²) in [6, 6.07) is 4.10. The first-order valence-corrected chi connectivity index (χ1v) is 7.49. The van der Waals surface area contributed by atoms with Crippen LogP contribution in [0.25, 0.3) is 0 Å². The number of ether oxygens (including phenoxy) is 4. The van der Waals surface area contributed by atoms with Crippen molar-refractivity contribution >= 4 is 5.97 Å². The molecule has 1 aromatic carbocycles. The summed E-state index contributed by atoms with van der Waals surface area (Å²) in [5.74, 6) is -1.54. The molecule has 8 heteroatoms. The summed E-state index contributed by atoms with van der Waals surface area (Å²) < 4.78 is 59.8. The SMILES string of the molecule is CC1(C)O[C@H]2O[C@H](COC(=O)c3cccc(C(F)(F)F)c3)C[C@H]2O1. The fourth-order valence-electron chi connectivity index (χ4n) is 2.76. The van der Waals surface area contributed by atoms with Crippen LogP contribution in [-0.2, 0) is 25.1 Å². The Kier molecular flexibility index (Phi) is 4.31. The first kappa shape index (κ1) is 17.2. The monoisotopic (exact) mass is 346 g/mol. The van der Waals surface area contributed by atoms with Gasteiger partial charge in [0.2, 0.25) is 0 Å². The van der Waals surface area contributed by atoms with Gasteiger partial charge in [0.15, 0.2) is 12.1 Å². The number of alkyl halides is 3. The molecule has 132 valence electrons. The number of carbonyl (C=O) groups is 1. The van der Waals surface area contributed by atoms with E-state index in [4.69, 9.17) is 18.9 Å². The van der Waals surface area contributed by atoms with Gasteiger partial charge in [0.1, 0.15) is 12.7 Å². The molecule has 3 atom stereocenters. The zero-order valence-electron chi connectivity index (χ0n) is 13.1. The van der Waals surface area contributed by atoms with Crippen molar-refractivity contribution < 1.29 is 36.9 Å². The summed E-state index contributed by atoms with van der Waals surface area (Å²) >= 11 is 0. The number of halogens is 3. The second-order valence-corrected chi connectivity index (χ2v) is 6.21. The van der Waals surface area contributed by atoms with Crippen LogP contribution in [0, 0.1) is 0 Å². The van der Waals surface area contributed by atoms with E-state index in [9.17, 15) is 18.0 Å². The molecule has 0 aliphatic carbocycles. The lowest BCUT2D eigenvalue weighted by Crippen LogP contribution is -2.27. The topological polar surface area (TPSA) is 54.0 Å². The molecule has 0 bridgehead atoms. The molecule has 2 aliphatic rings. The van der Waals surface area contributed by atoms with Gasteiger partial charge in [-0.15, -0.1) is 0 Å². The van der Waals surface area contributed by atoms with E-state index in [0.29, 0.717) is 6.42 Å². The van der Waals surface area contributed by atoms with E-state index in [1.165, 1.54) is 12.1 Å². The molecule has 2 fully saturated rings. The highest BCUT2D eigenvalue weighted by Gasteiger charge is 2.48. The van der Waals surface area contributed by atoms with E-state index >= 15 is 0 Å². The molecule has 24 heavy (non-hydrogen) atoms. The molecule has 0 saturated carbocycles. The number of carbonyl (C=O) groups excluding carboxylic acids is 1. The number of fused-ring (bicyclic) bond motifs is 1. The first-order chi connectivity index (χ1) is 11.1. The number of hydrogen-bond acceptors (Lipinski definition) is 5. The quantitative estimate of drug-likeness (QED) is 0.787. The Balaban J connectivity index is 1.54. The molecule has 0 amide bonds. The minimum absolute atomic E-state index is 0.0742. The van der Waals surface area contributed by atoms with Crippen molar-refractivity contribution in [1.29, 1.82) is 0 Å². The number of benzene rings is 1. The third-order valence-electron chi connectivity index (χ3n) is 3.79. The fourth-order valence-corrected chi connectivity index (χ4v) is 2.76. The smallest absolute Gasteiger partial charge is 0.416 e. The van der Waals surface area contributed by atoms with Gasteiger partial charge in [0, 0.05) is 6.42 Å². The average molecular weight is 346 g/mol. The minimum Gasteiger partial charge on any atom is -0.459 e. The van der Waals surface area contributed by atoms with E-state index < -0.39 is 35.9 Å². The van der Waals surface area contributed by atoms with E-state index in [2.05, 4.69) is 0 Å². The molecular formula is C16H17F3O5. The van der Waals surface area contributed by atoms with Gasteiger partial charge in [-0.2, -0.15) is 13.2 Å². The molecule has 1 aromatic rings. The van der Waals surface area contributed by atoms with Crippen LogP contribution in [-0.4, -0.2) is 36.9 Å². The molecule has 3 rings (SSSR count). The maximum atomic E-state index is 12.7. The van der Waals surface area contributed by atoms with Gasteiger partial charge in [-0.1, -0.05) is 6.07 Å². The zero-order chi connectivity index (χ0) is 17.5. The molecular weight excluding hydrogens is 329 g/mol.